The Kier molecular flexibility index (Phi) is 2.72. The van der Waals surface area contributed by atoms with Crippen molar-refractivity contribution in [2.75, 3.05) is 5.73 Å². The number of nitrogen functional groups attached to an aromatic ring is 1. The normalized spacial score (nSPS) is 11.0. The van der Waals surface area contributed by atoms with Crippen LogP contribution < -0.4 is 5.73 Å². The predicted octanol–water partition coefficient (Wildman–Crippen LogP) is 4.20. The lowest BCUT2D eigenvalue weighted by atomic mass is 10.1. The van der Waals surface area contributed by atoms with Gasteiger partial charge in [-0.25, -0.2) is 9.97 Å². The summed E-state index contributed by atoms with van der Waals surface area (Å²) in [5, 5.41) is 0.572. The van der Waals surface area contributed by atoms with Crippen LogP contribution >= 0.6 is 11.3 Å². The van der Waals surface area contributed by atoms with E-state index in [-0.39, 0.29) is 0 Å². The average Bonchev–Trinajstić information content (AvgIpc) is 3.12. The van der Waals surface area contributed by atoms with Gasteiger partial charge in [-0.3, -0.25) is 0 Å². The smallest absolute Gasteiger partial charge is 0.182 e. The van der Waals surface area contributed by atoms with Gasteiger partial charge in [0, 0.05) is 11.1 Å². The van der Waals surface area contributed by atoms with E-state index in [2.05, 4.69) is 9.97 Å². The minimum absolute atomic E-state index is 0.572. The Hall–Kier alpha value is -2.66. The molecule has 5 heteroatoms. The highest BCUT2D eigenvalue weighted by molar-refractivity contribution is 7.22. The second kappa shape index (κ2) is 4.71. The maximum Gasteiger partial charge on any atom is 0.182 e. The molecule has 0 radical (unpaired) electrons. The molecule has 0 aliphatic heterocycles. The number of oxazole rings is 1. The van der Waals surface area contributed by atoms with Crippen molar-refractivity contribution in [1.82, 2.24) is 9.97 Å². The van der Waals surface area contributed by atoms with Crippen molar-refractivity contribution in [2.45, 2.75) is 0 Å². The Morgan fingerprint density at radius 2 is 1.86 bits per heavy atom. The molecule has 21 heavy (non-hydrogen) atoms. The van der Waals surface area contributed by atoms with Crippen LogP contribution in [-0.4, -0.2) is 9.97 Å². The molecule has 0 amide bonds. The number of hydrogen-bond donors (Lipinski definition) is 1. The van der Waals surface area contributed by atoms with Gasteiger partial charge in [0.15, 0.2) is 17.3 Å². The molecular formula is C16H11N3OS. The monoisotopic (exact) mass is 293 g/mol. The standard InChI is InChI=1S/C16H11N3OS/c17-16-19-12-7-6-11(8-13(12)21-16)15-14(18-9-20-15)10-4-2-1-3-5-10/h1-9H,(H2,17,19). The summed E-state index contributed by atoms with van der Waals surface area (Å²) < 4.78 is 6.64. The second-order valence-corrected chi connectivity index (χ2v) is 5.69. The molecular weight excluding hydrogens is 282 g/mol. The van der Waals surface area contributed by atoms with Crippen molar-refractivity contribution in [1.29, 1.82) is 0 Å². The van der Waals surface area contributed by atoms with Gasteiger partial charge < -0.3 is 10.2 Å². The zero-order valence-electron chi connectivity index (χ0n) is 11.0. The quantitative estimate of drug-likeness (QED) is 0.601. The van der Waals surface area contributed by atoms with Crippen LogP contribution in [0.3, 0.4) is 0 Å². The van der Waals surface area contributed by atoms with Gasteiger partial charge in [0.25, 0.3) is 0 Å². The molecule has 0 unspecified atom stereocenters. The van der Waals surface area contributed by atoms with E-state index in [4.69, 9.17) is 10.2 Å². The fourth-order valence-corrected chi connectivity index (χ4v) is 3.11. The molecule has 2 N–H and O–H groups in total. The molecule has 0 aliphatic carbocycles. The number of hydrogen-bond acceptors (Lipinski definition) is 5. The lowest BCUT2D eigenvalue weighted by Gasteiger charge is -2.01. The summed E-state index contributed by atoms with van der Waals surface area (Å²) in [6, 6.07) is 16.0. The third-order valence-electron chi connectivity index (χ3n) is 3.28. The molecule has 4 rings (SSSR count). The van der Waals surface area contributed by atoms with Crippen LogP contribution in [0.5, 0.6) is 0 Å². The predicted molar refractivity (Wildman–Crippen MR) is 85.0 cm³/mol. The van der Waals surface area contributed by atoms with Crippen LogP contribution in [0, 0.1) is 0 Å². The topological polar surface area (TPSA) is 64.9 Å². The van der Waals surface area contributed by atoms with Gasteiger partial charge in [-0.1, -0.05) is 41.7 Å². The second-order valence-electron chi connectivity index (χ2n) is 4.63. The summed E-state index contributed by atoms with van der Waals surface area (Å²) >= 11 is 1.47. The molecule has 2 heterocycles. The molecule has 102 valence electrons. The molecule has 0 fully saturated rings. The highest BCUT2D eigenvalue weighted by Crippen LogP contribution is 2.34. The molecule has 2 aromatic carbocycles. The fraction of sp³-hybridized carbons (Fsp3) is 0. The number of rotatable bonds is 2. The number of benzene rings is 2. The highest BCUT2D eigenvalue weighted by Gasteiger charge is 2.13. The average molecular weight is 293 g/mol. The molecule has 0 aliphatic rings. The lowest BCUT2D eigenvalue weighted by Crippen LogP contribution is -1.82. The van der Waals surface area contributed by atoms with Crippen molar-refractivity contribution in [2.24, 2.45) is 0 Å². The molecule has 4 aromatic rings. The SMILES string of the molecule is Nc1nc2ccc(-c3ocnc3-c3ccccc3)cc2s1. The molecule has 0 atom stereocenters. The number of nitrogens with two attached hydrogens (primary N) is 1. The van der Waals surface area contributed by atoms with E-state index in [1.807, 2.05) is 48.5 Å². The van der Waals surface area contributed by atoms with Gasteiger partial charge in [0.05, 0.1) is 10.2 Å². The molecule has 2 aromatic heterocycles. The Bertz CT molecular complexity index is 912. The molecule has 4 nitrogen and oxygen atoms in total. The number of aromatic nitrogens is 2. The Balaban J connectivity index is 1.87. The minimum Gasteiger partial charge on any atom is -0.443 e. The maximum atomic E-state index is 5.75. The first-order chi connectivity index (χ1) is 10.3. The Morgan fingerprint density at radius 3 is 2.71 bits per heavy atom. The number of fused-ring (bicyclic) bond motifs is 1. The van der Waals surface area contributed by atoms with Gasteiger partial charge in [0.2, 0.25) is 0 Å². The van der Waals surface area contributed by atoms with Crippen molar-refractivity contribution in [3.05, 3.63) is 54.9 Å². The van der Waals surface area contributed by atoms with E-state index in [9.17, 15) is 0 Å². The third kappa shape index (κ3) is 2.08. The molecule has 0 spiro atoms. The summed E-state index contributed by atoms with van der Waals surface area (Å²) in [5.74, 6) is 0.759. The molecule has 0 bridgehead atoms. The maximum absolute atomic E-state index is 5.75. The van der Waals surface area contributed by atoms with Crippen molar-refractivity contribution in [3.8, 4) is 22.6 Å². The van der Waals surface area contributed by atoms with Gasteiger partial charge >= 0.3 is 0 Å². The van der Waals surface area contributed by atoms with Crippen molar-refractivity contribution < 1.29 is 4.42 Å². The van der Waals surface area contributed by atoms with Gasteiger partial charge in [0.1, 0.15) is 5.69 Å². The van der Waals surface area contributed by atoms with Crippen LogP contribution in [0.1, 0.15) is 0 Å². The first-order valence-corrected chi connectivity index (χ1v) is 7.28. The first-order valence-electron chi connectivity index (χ1n) is 6.46. The summed E-state index contributed by atoms with van der Waals surface area (Å²) in [5.41, 5.74) is 9.50. The van der Waals surface area contributed by atoms with Gasteiger partial charge in [-0.2, -0.15) is 0 Å². The molecule has 0 saturated carbocycles. The zero-order chi connectivity index (χ0) is 14.2. The lowest BCUT2D eigenvalue weighted by molar-refractivity contribution is 0.572. The minimum atomic E-state index is 0.572. The highest BCUT2D eigenvalue weighted by atomic mass is 32.1. The summed E-state index contributed by atoms with van der Waals surface area (Å²) in [6.45, 7) is 0. The van der Waals surface area contributed by atoms with E-state index in [0.717, 1.165) is 32.8 Å². The van der Waals surface area contributed by atoms with Crippen LogP contribution in [0.15, 0.2) is 59.3 Å². The van der Waals surface area contributed by atoms with Crippen LogP contribution in [-0.2, 0) is 0 Å². The number of thiazole rings is 1. The van der Waals surface area contributed by atoms with Gasteiger partial charge in [-0.05, 0) is 18.2 Å². The van der Waals surface area contributed by atoms with Crippen LogP contribution in [0.25, 0.3) is 32.8 Å². The summed E-state index contributed by atoms with van der Waals surface area (Å²) in [6.07, 6.45) is 1.48. The third-order valence-corrected chi connectivity index (χ3v) is 4.13. The number of anilines is 1. The molecule has 0 saturated heterocycles. The van der Waals surface area contributed by atoms with E-state index in [1.54, 1.807) is 0 Å². The summed E-state index contributed by atoms with van der Waals surface area (Å²) in [7, 11) is 0. The van der Waals surface area contributed by atoms with E-state index in [1.165, 1.54) is 17.7 Å². The number of nitrogens with zero attached hydrogens (tertiary/aromatic N) is 2. The van der Waals surface area contributed by atoms with Crippen molar-refractivity contribution in [3.63, 3.8) is 0 Å². The van der Waals surface area contributed by atoms with Crippen LogP contribution in [0.4, 0.5) is 5.13 Å². The largest absolute Gasteiger partial charge is 0.443 e. The van der Waals surface area contributed by atoms with Crippen LogP contribution in [0.2, 0.25) is 0 Å². The zero-order valence-corrected chi connectivity index (χ0v) is 11.8. The van der Waals surface area contributed by atoms with Gasteiger partial charge in [-0.15, -0.1) is 0 Å². The van der Waals surface area contributed by atoms with E-state index >= 15 is 0 Å². The first kappa shape index (κ1) is 12.1. The van der Waals surface area contributed by atoms with E-state index in [0.29, 0.717) is 5.13 Å². The summed E-state index contributed by atoms with van der Waals surface area (Å²) in [4.78, 5) is 8.61. The van der Waals surface area contributed by atoms with Crippen molar-refractivity contribution >= 4 is 26.7 Å². The Labute approximate surface area is 124 Å². The van der Waals surface area contributed by atoms with E-state index < -0.39 is 0 Å². The Morgan fingerprint density at radius 1 is 1.00 bits per heavy atom. The fourth-order valence-electron chi connectivity index (χ4n) is 2.34.